The van der Waals surface area contributed by atoms with Crippen LogP contribution in [0.4, 0.5) is 0 Å². The molecule has 0 aromatic heterocycles. The van der Waals surface area contributed by atoms with Gasteiger partial charge in [-0.1, -0.05) is 34.1 Å². The van der Waals surface area contributed by atoms with Crippen LogP contribution >= 0.6 is 0 Å². The van der Waals surface area contributed by atoms with Crippen LogP contribution in [-0.4, -0.2) is 23.6 Å². The number of hydrogen-bond donors (Lipinski definition) is 0. The molecule has 1 aliphatic rings. The van der Waals surface area contributed by atoms with E-state index in [9.17, 15) is 9.59 Å². The SMILES string of the molecule is CCCC1OC(=O)CC1(CC)OC(=O)C(C)CC. The van der Waals surface area contributed by atoms with Gasteiger partial charge in [-0.05, 0) is 19.3 Å². The Hall–Kier alpha value is -1.06. The standard InChI is InChI=1S/C14H24O4/c1-5-8-11-14(7-3,9-12(15)17-11)18-13(16)10(4)6-2/h10-11H,5-9H2,1-4H3. The fraction of sp³-hybridized carbons (Fsp3) is 0.857. The normalized spacial score (nSPS) is 28.9. The molecule has 3 atom stereocenters. The van der Waals surface area contributed by atoms with Crippen molar-refractivity contribution in [3.8, 4) is 0 Å². The summed E-state index contributed by atoms with van der Waals surface area (Å²) < 4.78 is 11.0. The average molecular weight is 256 g/mol. The quantitative estimate of drug-likeness (QED) is 0.686. The molecule has 18 heavy (non-hydrogen) atoms. The molecule has 1 fully saturated rings. The van der Waals surface area contributed by atoms with Gasteiger partial charge in [-0.15, -0.1) is 0 Å². The van der Waals surface area contributed by atoms with E-state index in [1.165, 1.54) is 0 Å². The lowest BCUT2D eigenvalue weighted by atomic mass is 9.89. The highest BCUT2D eigenvalue weighted by Crippen LogP contribution is 2.37. The summed E-state index contributed by atoms with van der Waals surface area (Å²) in [6, 6.07) is 0. The number of carbonyl (C=O) groups is 2. The fourth-order valence-electron chi connectivity index (χ4n) is 2.24. The van der Waals surface area contributed by atoms with Crippen LogP contribution in [-0.2, 0) is 19.1 Å². The molecule has 0 aromatic rings. The van der Waals surface area contributed by atoms with E-state index in [-0.39, 0.29) is 30.4 Å². The van der Waals surface area contributed by atoms with E-state index in [0.29, 0.717) is 6.42 Å². The van der Waals surface area contributed by atoms with Crippen LogP contribution in [0.1, 0.15) is 59.8 Å². The molecular formula is C14H24O4. The van der Waals surface area contributed by atoms with Crippen molar-refractivity contribution in [1.82, 2.24) is 0 Å². The number of cyclic esters (lactones) is 1. The van der Waals surface area contributed by atoms with Gasteiger partial charge in [0.1, 0.15) is 6.10 Å². The Bertz CT molecular complexity index is 313. The number of carbonyl (C=O) groups excluding carboxylic acids is 2. The largest absolute Gasteiger partial charge is 0.458 e. The minimum absolute atomic E-state index is 0.133. The first-order valence-corrected chi connectivity index (χ1v) is 6.91. The first kappa shape index (κ1) is 15.0. The van der Waals surface area contributed by atoms with Crippen LogP contribution in [0.25, 0.3) is 0 Å². The Kier molecular flexibility index (Phi) is 5.17. The second-order valence-corrected chi connectivity index (χ2v) is 5.09. The van der Waals surface area contributed by atoms with Crippen LogP contribution in [0, 0.1) is 5.92 Å². The molecule has 1 heterocycles. The zero-order chi connectivity index (χ0) is 13.8. The van der Waals surface area contributed by atoms with Gasteiger partial charge in [0.15, 0.2) is 5.60 Å². The molecule has 1 rings (SSSR count). The van der Waals surface area contributed by atoms with Crippen molar-refractivity contribution in [2.45, 2.75) is 71.5 Å². The Balaban J connectivity index is 2.82. The number of hydrogen-bond acceptors (Lipinski definition) is 4. The van der Waals surface area contributed by atoms with E-state index in [1.54, 1.807) is 0 Å². The maximum atomic E-state index is 12.0. The predicted molar refractivity (Wildman–Crippen MR) is 68.0 cm³/mol. The second kappa shape index (κ2) is 6.21. The Morgan fingerprint density at radius 3 is 2.67 bits per heavy atom. The molecule has 1 aliphatic heterocycles. The molecule has 4 heteroatoms. The third-order valence-electron chi connectivity index (χ3n) is 3.77. The van der Waals surface area contributed by atoms with E-state index < -0.39 is 5.60 Å². The molecule has 0 bridgehead atoms. The Morgan fingerprint density at radius 2 is 2.17 bits per heavy atom. The van der Waals surface area contributed by atoms with E-state index in [4.69, 9.17) is 9.47 Å². The molecule has 104 valence electrons. The van der Waals surface area contributed by atoms with Crippen LogP contribution < -0.4 is 0 Å². The van der Waals surface area contributed by atoms with Gasteiger partial charge in [-0.25, -0.2) is 0 Å². The third kappa shape index (κ3) is 3.03. The molecule has 0 N–H and O–H groups in total. The van der Waals surface area contributed by atoms with Crippen LogP contribution in [0.15, 0.2) is 0 Å². The fourth-order valence-corrected chi connectivity index (χ4v) is 2.24. The molecule has 1 saturated heterocycles. The lowest BCUT2D eigenvalue weighted by molar-refractivity contribution is -0.172. The van der Waals surface area contributed by atoms with Gasteiger partial charge in [0.2, 0.25) is 0 Å². The molecule has 0 spiro atoms. The van der Waals surface area contributed by atoms with Crippen molar-refractivity contribution in [3.63, 3.8) is 0 Å². The summed E-state index contributed by atoms with van der Waals surface area (Å²) in [6.45, 7) is 7.76. The first-order valence-electron chi connectivity index (χ1n) is 6.91. The highest BCUT2D eigenvalue weighted by molar-refractivity contribution is 5.77. The van der Waals surface area contributed by atoms with Crippen LogP contribution in [0.2, 0.25) is 0 Å². The monoisotopic (exact) mass is 256 g/mol. The minimum atomic E-state index is -0.742. The van der Waals surface area contributed by atoms with E-state index in [0.717, 1.165) is 19.3 Å². The van der Waals surface area contributed by atoms with Gasteiger partial charge < -0.3 is 9.47 Å². The second-order valence-electron chi connectivity index (χ2n) is 5.09. The number of ether oxygens (including phenoxy) is 2. The van der Waals surface area contributed by atoms with Crippen molar-refractivity contribution in [3.05, 3.63) is 0 Å². The molecule has 0 saturated carbocycles. The summed E-state index contributed by atoms with van der Waals surface area (Å²) >= 11 is 0. The Morgan fingerprint density at radius 1 is 1.50 bits per heavy atom. The van der Waals surface area contributed by atoms with Gasteiger partial charge in [0.25, 0.3) is 0 Å². The minimum Gasteiger partial charge on any atom is -0.458 e. The van der Waals surface area contributed by atoms with Crippen LogP contribution in [0.3, 0.4) is 0 Å². The lowest BCUT2D eigenvalue weighted by Gasteiger charge is -2.32. The molecule has 3 unspecified atom stereocenters. The van der Waals surface area contributed by atoms with Gasteiger partial charge in [-0.2, -0.15) is 0 Å². The predicted octanol–water partition coefficient (Wildman–Crippen LogP) is 2.84. The summed E-state index contributed by atoms with van der Waals surface area (Å²) in [6.07, 6.45) is 2.91. The van der Waals surface area contributed by atoms with Gasteiger partial charge in [0.05, 0.1) is 12.3 Å². The van der Waals surface area contributed by atoms with Crippen molar-refractivity contribution >= 4 is 11.9 Å². The highest BCUT2D eigenvalue weighted by atomic mass is 16.6. The molecule has 0 amide bonds. The summed E-state index contributed by atoms with van der Waals surface area (Å²) in [5.74, 6) is -0.614. The summed E-state index contributed by atoms with van der Waals surface area (Å²) in [7, 11) is 0. The third-order valence-corrected chi connectivity index (χ3v) is 3.77. The van der Waals surface area contributed by atoms with Crippen molar-refractivity contribution in [2.75, 3.05) is 0 Å². The molecule has 4 nitrogen and oxygen atoms in total. The number of esters is 2. The van der Waals surface area contributed by atoms with Gasteiger partial charge in [0, 0.05) is 0 Å². The maximum absolute atomic E-state index is 12.0. The van der Waals surface area contributed by atoms with Crippen molar-refractivity contribution in [1.29, 1.82) is 0 Å². The van der Waals surface area contributed by atoms with E-state index in [2.05, 4.69) is 0 Å². The van der Waals surface area contributed by atoms with Crippen molar-refractivity contribution in [2.24, 2.45) is 5.92 Å². The Labute approximate surface area is 109 Å². The van der Waals surface area contributed by atoms with Crippen molar-refractivity contribution < 1.29 is 19.1 Å². The zero-order valence-corrected chi connectivity index (χ0v) is 11.8. The topological polar surface area (TPSA) is 52.6 Å². The lowest BCUT2D eigenvalue weighted by Crippen LogP contribution is -2.43. The summed E-state index contributed by atoms with van der Waals surface area (Å²) in [4.78, 5) is 23.5. The van der Waals surface area contributed by atoms with Gasteiger partial charge in [-0.3, -0.25) is 9.59 Å². The smallest absolute Gasteiger partial charge is 0.310 e. The highest BCUT2D eigenvalue weighted by Gasteiger charge is 2.50. The summed E-state index contributed by atoms with van der Waals surface area (Å²) in [5.41, 5.74) is -0.742. The molecular weight excluding hydrogens is 232 g/mol. The van der Waals surface area contributed by atoms with Gasteiger partial charge >= 0.3 is 11.9 Å². The molecule has 0 radical (unpaired) electrons. The van der Waals surface area contributed by atoms with E-state index in [1.807, 2.05) is 27.7 Å². The van der Waals surface area contributed by atoms with E-state index >= 15 is 0 Å². The maximum Gasteiger partial charge on any atom is 0.310 e. The van der Waals surface area contributed by atoms with Crippen LogP contribution in [0.5, 0.6) is 0 Å². The average Bonchev–Trinajstić information content (AvgIpc) is 2.65. The first-order chi connectivity index (χ1) is 8.49. The zero-order valence-electron chi connectivity index (χ0n) is 11.8. The molecule has 0 aliphatic carbocycles. The molecule has 0 aromatic carbocycles. The summed E-state index contributed by atoms with van der Waals surface area (Å²) in [5, 5.41) is 0. The number of rotatable bonds is 6.